The smallest absolute Gasteiger partial charge is 0.274 e. The molecule has 9 heteroatoms. The Balaban J connectivity index is 1.19. The number of nitrogens with zero attached hydrogens (tertiary/aromatic N) is 5. The van der Waals surface area contributed by atoms with Gasteiger partial charge in [-0.15, -0.1) is 0 Å². The Hall–Kier alpha value is -3.49. The summed E-state index contributed by atoms with van der Waals surface area (Å²) < 4.78 is 1.92. The lowest BCUT2D eigenvalue weighted by molar-refractivity contribution is -0.132. The van der Waals surface area contributed by atoms with Crippen LogP contribution in [0.4, 0.5) is 0 Å². The maximum atomic E-state index is 12.8. The van der Waals surface area contributed by atoms with E-state index in [2.05, 4.69) is 5.10 Å². The fraction of sp³-hybridized carbons (Fsp3) is 0.409. The summed E-state index contributed by atoms with van der Waals surface area (Å²) in [6, 6.07) is 8.46. The molecule has 0 saturated carbocycles. The lowest BCUT2D eigenvalue weighted by atomic mass is 10.1. The van der Waals surface area contributed by atoms with Crippen LogP contribution in [0.15, 0.2) is 30.3 Å². The number of aromatic nitrogens is 2. The van der Waals surface area contributed by atoms with Crippen LogP contribution in [0.2, 0.25) is 0 Å². The second-order valence-electron chi connectivity index (χ2n) is 8.12. The largest absolute Gasteiger partial charge is 0.338 e. The number of benzene rings is 1. The van der Waals surface area contributed by atoms with Gasteiger partial charge in [-0.05, 0) is 37.5 Å². The second kappa shape index (κ2) is 7.64. The Morgan fingerprint density at radius 3 is 2.16 bits per heavy atom. The average Bonchev–Trinajstić information content (AvgIpc) is 3.34. The Labute approximate surface area is 179 Å². The van der Waals surface area contributed by atoms with E-state index in [0.29, 0.717) is 43.0 Å². The first-order valence-corrected chi connectivity index (χ1v) is 10.6. The van der Waals surface area contributed by atoms with Gasteiger partial charge >= 0.3 is 0 Å². The lowest BCUT2D eigenvalue weighted by Gasteiger charge is -2.35. The number of aryl methyl sites for hydroxylation is 2. The van der Waals surface area contributed by atoms with Crippen LogP contribution < -0.4 is 0 Å². The third-order valence-electron chi connectivity index (χ3n) is 6.23. The van der Waals surface area contributed by atoms with E-state index in [1.165, 1.54) is 0 Å². The lowest BCUT2D eigenvalue weighted by Crippen LogP contribution is -2.53. The van der Waals surface area contributed by atoms with Crippen molar-refractivity contribution in [3.63, 3.8) is 0 Å². The van der Waals surface area contributed by atoms with E-state index in [9.17, 15) is 19.2 Å². The first-order valence-electron chi connectivity index (χ1n) is 10.6. The third kappa shape index (κ3) is 3.39. The molecular formula is C22H23N5O4. The van der Waals surface area contributed by atoms with Crippen LogP contribution >= 0.6 is 0 Å². The van der Waals surface area contributed by atoms with Crippen molar-refractivity contribution in [3.05, 3.63) is 52.8 Å². The highest BCUT2D eigenvalue weighted by molar-refractivity contribution is 6.22. The van der Waals surface area contributed by atoms with Gasteiger partial charge in [0.1, 0.15) is 6.54 Å². The van der Waals surface area contributed by atoms with Crippen LogP contribution in [0.25, 0.3) is 0 Å². The van der Waals surface area contributed by atoms with Crippen molar-refractivity contribution < 1.29 is 19.2 Å². The molecule has 0 atom stereocenters. The van der Waals surface area contributed by atoms with Crippen LogP contribution in [-0.2, 0) is 17.8 Å². The van der Waals surface area contributed by atoms with Gasteiger partial charge in [0.05, 0.1) is 11.1 Å². The predicted octanol–water partition coefficient (Wildman–Crippen LogP) is 0.800. The highest BCUT2D eigenvalue weighted by Crippen LogP contribution is 2.22. The minimum atomic E-state index is -0.438. The monoisotopic (exact) mass is 421 g/mol. The van der Waals surface area contributed by atoms with Gasteiger partial charge in [-0.25, -0.2) is 0 Å². The number of piperazine rings is 1. The summed E-state index contributed by atoms with van der Waals surface area (Å²) >= 11 is 0. The zero-order valence-corrected chi connectivity index (χ0v) is 17.1. The molecule has 31 heavy (non-hydrogen) atoms. The van der Waals surface area contributed by atoms with Crippen molar-refractivity contribution in [1.29, 1.82) is 0 Å². The molecule has 5 rings (SSSR count). The molecule has 0 spiro atoms. The minimum Gasteiger partial charge on any atom is -0.338 e. The topological polar surface area (TPSA) is 95.8 Å². The molecule has 4 amide bonds. The van der Waals surface area contributed by atoms with E-state index < -0.39 is 11.8 Å². The van der Waals surface area contributed by atoms with Gasteiger partial charge < -0.3 is 9.80 Å². The number of hydrogen-bond donors (Lipinski definition) is 0. The molecule has 1 fully saturated rings. The fourth-order valence-corrected chi connectivity index (χ4v) is 4.46. The summed E-state index contributed by atoms with van der Waals surface area (Å²) in [4.78, 5) is 54.8. The van der Waals surface area contributed by atoms with Crippen LogP contribution in [0.5, 0.6) is 0 Å². The van der Waals surface area contributed by atoms with E-state index in [0.717, 1.165) is 36.4 Å². The second-order valence-corrected chi connectivity index (χ2v) is 8.12. The summed E-state index contributed by atoms with van der Waals surface area (Å²) in [5, 5.41) is 4.45. The molecule has 0 unspecified atom stereocenters. The van der Waals surface area contributed by atoms with Crippen LogP contribution in [0.1, 0.15) is 49.7 Å². The summed E-state index contributed by atoms with van der Waals surface area (Å²) in [6.45, 7) is 2.09. The zero-order chi connectivity index (χ0) is 21.5. The van der Waals surface area contributed by atoms with Gasteiger partial charge in [-0.3, -0.25) is 28.8 Å². The maximum Gasteiger partial charge on any atom is 0.274 e. The van der Waals surface area contributed by atoms with Gasteiger partial charge in [-0.2, -0.15) is 5.10 Å². The van der Waals surface area contributed by atoms with Crippen LogP contribution in [0.3, 0.4) is 0 Å². The van der Waals surface area contributed by atoms with E-state index in [-0.39, 0.29) is 18.4 Å². The molecule has 0 radical (unpaired) electrons. The molecule has 9 nitrogen and oxygen atoms in total. The van der Waals surface area contributed by atoms with Gasteiger partial charge in [0.15, 0.2) is 5.69 Å². The summed E-state index contributed by atoms with van der Waals surface area (Å²) in [7, 11) is 0. The van der Waals surface area contributed by atoms with Crippen molar-refractivity contribution in [2.75, 3.05) is 32.7 Å². The molecule has 160 valence electrons. The summed E-state index contributed by atoms with van der Waals surface area (Å²) in [5.41, 5.74) is 2.23. The van der Waals surface area contributed by atoms with Gasteiger partial charge in [0.25, 0.3) is 17.7 Å². The molecule has 1 aromatic carbocycles. The van der Waals surface area contributed by atoms with E-state index >= 15 is 0 Å². The van der Waals surface area contributed by atoms with Gasteiger partial charge in [-0.1, -0.05) is 12.1 Å². The normalized spacial score (nSPS) is 18.3. The Morgan fingerprint density at radius 2 is 1.52 bits per heavy atom. The van der Waals surface area contributed by atoms with Crippen LogP contribution in [-0.4, -0.2) is 80.8 Å². The van der Waals surface area contributed by atoms with Crippen molar-refractivity contribution >= 4 is 23.6 Å². The van der Waals surface area contributed by atoms with Crippen molar-refractivity contribution in [2.24, 2.45) is 0 Å². The molecule has 3 aliphatic heterocycles. The molecular weight excluding hydrogens is 398 g/mol. The first-order chi connectivity index (χ1) is 15.0. The third-order valence-corrected chi connectivity index (χ3v) is 6.23. The quantitative estimate of drug-likeness (QED) is 0.683. The van der Waals surface area contributed by atoms with Crippen LogP contribution in [0, 0.1) is 0 Å². The fourth-order valence-electron chi connectivity index (χ4n) is 4.46. The highest BCUT2D eigenvalue weighted by Gasteiger charge is 2.37. The maximum absolute atomic E-state index is 12.8. The summed E-state index contributed by atoms with van der Waals surface area (Å²) in [6.07, 6.45) is 3.14. The molecule has 0 aliphatic carbocycles. The van der Waals surface area contributed by atoms with E-state index in [1.54, 1.807) is 34.1 Å². The molecule has 3 aliphatic rings. The SMILES string of the molecule is O=C(CN1C(=O)c2ccccc2C1=O)N1CCN(C(=O)c2cc3n(n2)CCCC3)CC1. The number of amides is 4. The average molecular weight is 421 g/mol. The number of hydrogen-bond acceptors (Lipinski definition) is 5. The van der Waals surface area contributed by atoms with E-state index in [4.69, 9.17) is 0 Å². The van der Waals surface area contributed by atoms with Crippen molar-refractivity contribution in [1.82, 2.24) is 24.5 Å². The molecule has 1 aromatic heterocycles. The molecule has 2 aromatic rings. The molecule has 0 bridgehead atoms. The molecule has 0 N–H and O–H groups in total. The number of carbonyl (C=O) groups excluding carboxylic acids is 4. The molecule has 1 saturated heterocycles. The summed E-state index contributed by atoms with van der Waals surface area (Å²) in [5.74, 6) is -1.29. The number of imide groups is 1. The van der Waals surface area contributed by atoms with Crippen molar-refractivity contribution in [3.8, 4) is 0 Å². The highest BCUT2D eigenvalue weighted by atomic mass is 16.2. The minimum absolute atomic E-state index is 0.116. The Morgan fingerprint density at radius 1 is 0.871 bits per heavy atom. The standard InChI is InChI=1S/C22H23N5O4/c28-19(14-26-20(29)16-6-1-2-7-17(16)21(26)30)24-9-11-25(12-10-24)22(31)18-13-15-5-3-4-8-27(15)23-18/h1-2,6-7,13H,3-5,8-12,14H2. The Kier molecular flexibility index (Phi) is 4.80. The zero-order valence-electron chi connectivity index (χ0n) is 17.1. The number of rotatable bonds is 3. The predicted molar refractivity (Wildman–Crippen MR) is 109 cm³/mol. The van der Waals surface area contributed by atoms with Crippen molar-refractivity contribution in [2.45, 2.75) is 25.8 Å². The number of fused-ring (bicyclic) bond motifs is 2. The Bertz CT molecular complexity index is 1020. The molecule has 4 heterocycles. The first kappa shape index (κ1) is 19.5. The van der Waals surface area contributed by atoms with Gasteiger partial charge in [0.2, 0.25) is 5.91 Å². The van der Waals surface area contributed by atoms with Gasteiger partial charge in [0, 0.05) is 38.4 Å². The number of carbonyl (C=O) groups is 4. The van der Waals surface area contributed by atoms with E-state index in [1.807, 2.05) is 10.7 Å².